The summed E-state index contributed by atoms with van der Waals surface area (Å²) in [5.41, 5.74) is 0.582. The molecule has 2 N–H and O–H groups in total. The first-order chi connectivity index (χ1) is 6.58. The van der Waals surface area contributed by atoms with Crippen LogP contribution in [0.1, 0.15) is 16.2 Å². The maximum absolute atomic E-state index is 10.8. The van der Waals surface area contributed by atoms with E-state index in [0.717, 1.165) is 0 Å². The van der Waals surface area contributed by atoms with E-state index in [9.17, 15) is 9.59 Å². The lowest BCUT2D eigenvalue weighted by Crippen LogP contribution is -2.01. The number of aromatic nitrogens is 2. The summed E-state index contributed by atoms with van der Waals surface area (Å²) >= 11 is 0. The Morgan fingerprint density at radius 1 is 1.64 bits per heavy atom. The number of fused-ring (bicyclic) bond motifs is 1. The molecule has 0 aliphatic rings. The summed E-state index contributed by atoms with van der Waals surface area (Å²) in [6.45, 7) is 1.64. The average molecular weight is 194 g/mol. The van der Waals surface area contributed by atoms with Crippen molar-refractivity contribution in [1.29, 1.82) is 0 Å². The first-order valence-electron chi connectivity index (χ1n) is 3.81. The minimum absolute atomic E-state index is 0.0203. The molecule has 6 nitrogen and oxygen atoms in total. The zero-order chi connectivity index (χ0) is 10.3. The molecule has 2 aromatic rings. The number of nitrogens with zero attached hydrogens (tertiary/aromatic N) is 1. The first kappa shape index (κ1) is 8.49. The smallest absolute Gasteiger partial charge is 0.417 e. The Bertz CT molecular complexity index is 566. The van der Waals surface area contributed by atoms with Crippen LogP contribution in [0.2, 0.25) is 0 Å². The van der Waals surface area contributed by atoms with E-state index in [4.69, 9.17) is 5.11 Å². The maximum Gasteiger partial charge on any atom is 0.417 e. The Labute approximate surface area is 77.2 Å². The predicted octanol–water partition coefficient (Wildman–Crippen LogP) is 0.523. The molecule has 0 amide bonds. The number of rotatable bonds is 1. The fourth-order valence-corrected chi connectivity index (χ4v) is 1.23. The fraction of sp³-hybridized carbons (Fsp3) is 0.125. The Morgan fingerprint density at radius 3 is 3.00 bits per heavy atom. The standard InChI is InChI=1S/C8H6N2O4/c1-3-2-4-6(14-8(13)10-4)5(9-3)7(11)12/h2H,1H3,(H,10,13)(H,11,12). The summed E-state index contributed by atoms with van der Waals surface area (Å²) in [6, 6.07) is 1.55. The fourth-order valence-electron chi connectivity index (χ4n) is 1.23. The third-order valence-corrected chi connectivity index (χ3v) is 1.74. The lowest BCUT2D eigenvalue weighted by Gasteiger charge is -1.95. The van der Waals surface area contributed by atoms with Crippen molar-refractivity contribution in [3.63, 3.8) is 0 Å². The van der Waals surface area contributed by atoms with Gasteiger partial charge in [0.25, 0.3) is 0 Å². The lowest BCUT2D eigenvalue weighted by molar-refractivity contribution is 0.0691. The second kappa shape index (κ2) is 2.69. The molecule has 0 atom stereocenters. The monoisotopic (exact) mass is 194 g/mol. The van der Waals surface area contributed by atoms with Crippen molar-refractivity contribution in [3.05, 3.63) is 28.0 Å². The van der Waals surface area contributed by atoms with E-state index in [1.165, 1.54) is 0 Å². The number of nitrogens with one attached hydrogen (secondary N) is 1. The molecule has 0 aliphatic carbocycles. The minimum Gasteiger partial charge on any atom is -0.476 e. The Kier molecular flexibility index (Phi) is 1.63. The molecule has 0 radical (unpaired) electrons. The third-order valence-electron chi connectivity index (χ3n) is 1.74. The average Bonchev–Trinajstić information content (AvgIpc) is 2.42. The van der Waals surface area contributed by atoms with Crippen LogP contribution in [-0.4, -0.2) is 21.0 Å². The van der Waals surface area contributed by atoms with E-state index in [1.54, 1.807) is 13.0 Å². The molecular weight excluding hydrogens is 188 g/mol. The number of aryl methyl sites for hydroxylation is 1. The topological polar surface area (TPSA) is 96.2 Å². The van der Waals surface area contributed by atoms with Crippen molar-refractivity contribution in [2.75, 3.05) is 0 Å². The summed E-state index contributed by atoms with van der Waals surface area (Å²) < 4.78 is 4.66. The summed E-state index contributed by atoms with van der Waals surface area (Å²) in [5, 5.41) is 8.78. The van der Waals surface area contributed by atoms with Gasteiger partial charge in [0.15, 0.2) is 11.3 Å². The minimum atomic E-state index is -1.22. The Morgan fingerprint density at radius 2 is 2.36 bits per heavy atom. The van der Waals surface area contributed by atoms with E-state index < -0.39 is 11.7 Å². The second-order valence-corrected chi connectivity index (χ2v) is 2.81. The zero-order valence-corrected chi connectivity index (χ0v) is 7.20. The van der Waals surface area contributed by atoms with Gasteiger partial charge < -0.3 is 9.52 Å². The number of carboxylic acid groups (broad SMARTS) is 1. The van der Waals surface area contributed by atoms with Crippen LogP contribution in [0.3, 0.4) is 0 Å². The van der Waals surface area contributed by atoms with Crippen LogP contribution in [0.5, 0.6) is 0 Å². The highest BCUT2D eigenvalue weighted by atomic mass is 16.4. The van der Waals surface area contributed by atoms with Gasteiger partial charge in [0, 0.05) is 5.69 Å². The largest absolute Gasteiger partial charge is 0.476 e. The van der Waals surface area contributed by atoms with Gasteiger partial charge in [0.1, 0.15) is 0 Å². The number of aromatic carboxylic acids is 1. The molecule has 14 heavy (non-hydrogen) atoms. The number of hydrogen-bond donors (Lipinski definition) is 2. The van der Waals surface area contributed by atoms with Crippen LogP contribution < -0.4 is 5.76 Å². The van der Waals surface area contributed by atoms with Gasteiger partial charge in [-0.15, -0.1) is 0 Å². The number of aromatic amines is 1. The van der Waals surface area contributed by atoms with Gasteiger partial charge in [-0.3, -0.25) is 4.98 Å². The molecule has 0 aliphatic heterocycles. The van der Waals surface area contributed by atoms with E-state index in [0.29, 0.717) is 11.2 Å². The SMILES string of the molecule is Cc1cc2[nH]c(=O)oc2c(C(=O)O)n1. The van der Waals surface area contributed by atoms with E-state index >= 15 is 0 Å². The van der Waals surface area contributed by atoms with Gasteiger partial charge in [0.05, 0.1) is 5.52 Å². The highest BCUT2D eigenvalue weighted by Crippen LogP contribution is 2.14. The first-order valence-corrected chi connectivity index (χ1v) is 3.81. The van der Waals surface area contributed by atoms with Gasteiger partial charge >= 0.3 is 11.7 Å². The summed E-state index contributed by atoms with van der Waals surface area (Å²) in [7, 11) is 0. The van der Waals surface area contributed by atoms with Crippen molar-refractivity contribution in [1.82, 2.24) is 9.97 Å². The molecule has 0 unspecified atom stereocenters. The molecule has 0 fully saturated rings. The summed E-state index contributed by atoms with van der Waals surface area (Å²) in [5.74, 6) is -1.91. The molecule has 0 saturated carbocycles. The quantitative estimate of drug-likeness (QED) is 0.689. The van der Waals surface area contributed by atoms with Crippen molar-refractivity contribution >= 4 is 17.1 Å². The van der Waals surface area contributed by atoms with Crippen LogP contribution in [0.4, 0.5) is 0 Å². The number of pyridine rings is 1. The normalized spacial score (nSPS) is 10.6. The van der Waals surface area contributed by atoms with E-state index in [-0.39, 0.29) is 11.3 Å². The third kappa shape index (κ3) is 1.17. The molecular formula is C8H6N2O4. The predicted molar refractivity (Wildman–Crippen MR) is 46.3 cm³/mol. The molecule has 2 aromatic heterocycles. The van der Waals surface area contributed by atoms with Gasteiger partial charge in [-0.05, 0) is 13.0 Å². The highest BCUT2D eigenvalue weighted by molar-refractivity contribution is 5.97. The van der Waals surface area contributed by atoms with Crippen LogP contribution >= 0.6 is 0 Å². The zero-order valence-electron chi connectivity index (χ0n) is 7.20. The van der Waals surface area contributed by atoms with Gasteiger partial charge in [0.2, 0.25) is 0 Å². The molecule has 2 heterocycles. The van der Waals surface area contributed by atoms with Gasteiger partial charge in [-0.25, -0.2) is 14.6 Å². The molecule has 0 aromatic carbocycles. The number of carboxylic acids is 1. The molecule has 72 valence electrons. The van der Waals surface area contributed by atoms with Crippen LogP contribution in [0.25, 0.3) is 11.1 Å². The van der Waals surface area contributed by atoms with Crippen molar-refractivity contribution < 1.29 is 14.3 Å². The lowest BCUT2D eigenvalue weighted by atomic mass is 10.3. The Hall–Kier alpha value is -2.11. The summed E-state index contributed by atoms with van der Waals surface area (Å²) in [4.78, 5) is 27.7. The van der Waals surface area contributed by atoms with Crippen molar-refractivity contribution in [3.8, 4) is 0 Å². The van der Waals surface area contributed by atoms with Crippen LogP contribution in [0.15, 0.2) is 15.3 Å². The summed E-state index contributed by atoms with van der Waals surface area (Å²) in [6.07, 6.45) is 0. The Balaban J connectivity index is 2.92. The van der Waals surface area contributed by atoms with Gasteiger partial charge in [-0.1, -0.05) is 0 Å². The number of oxazole rings is 1. The molecule has 2 rings (SSSR count). The van der Waals surface area contributed by atoms with Gasteiger partial charge in [-0.2, -0.15) is 0 Å². The molecule has 0 spiro atoms. The molecule has 6 heteroatoms. The van der Waals surface area contributed by atoms with Crippen molar-refractivity contribution in [2.45, 2.75) is 6.92 Å². The number of H-pyrrole nitrogens is 1. The second-order valence-electron chi connectivity index (χ2n) is 2.81. The molecule has 0 saturated heterocycles. The maximum atomic E-state index is 10.8. The number of carbonyl (C=O) groups is 1. The van der Waals surface area contributed by atoms with E-state index in [2.05, 4.69) is 14.4 Å². The van der Waals surface area contributed by atoms with Crippen LogP contribution in [0, 0.1) is 6.92 Å². The highest BCUT2D eigenvalue weighted by Gasteiger charge is 2.15. The number of hydrogen-bond acceptors (Lipinski definition) is 4. The van der Waals surface area contributed by atoms with E-state index in [1.807, 2.05) is 0 Å². The molecule has 0 bridgehead atoms. The van der Waals surface area contributed by atoms with Crippen LogP contribution in [-0.2, 0) is 0 Å². The van der Waals surface area contributed by atoms with Crippen molar-refractivity contribution in [2.24, 2.45) is 0 Å².